The first-order chi connectivity index (χ1) is 20.1. The molecule has 0 bridgehead atoms. The Bertz CT molecular complexity index is 1740. The van der Waals surface area contributed by atoms with Crippen molar-refractivity contribution in [1.82, 2.24) is 5.43 Å². The van der Waals surface area contributed by atoms with E-state index in [1.807, 2.05) is 6.92 Å². The van der Waals surface area contributed by atoms with Crippen molar-refractivity contribution >= 4 is 57.0 Å². The minimum absolute atomic E-state index is 0.133. The fourth-order valence-electron chi connectivity index (χ4n) is 3.62. The van der Waals surface area contributed by atoms with Crippen LogP contribution >= 0.6 is 23.2 Å². The number of ether oxygens (including phenoxy) is 2. The molecule has 9 nitrogen and oxygen atoms in total. The van der Waals surface area contributed by atoms with Gasteiger partial charge in [0.05, 0.1) is 28.3 Å². The largest absolute Gasteiger partial charge is 0.490 e. The first-order valence-corrected chi connectivity index (χ1v) is 14.8. The second-order valence-corrected chi connectivity index (χ2v) is 11.4. The third-order valence-electron chi connectivity index (χ3n) is 5.73. The second-order valence-electron chi connectivity index (χ2n) is 8.85. The van der Waals surface area contributed by atoms with Gasteiger partial charge >= 0.3 is 5.97 Å². The first kappa shape index (κ1) is 30.6. The van der Waals surface area contributed by atoms with Gasteiger partial charge < -0.3 is 9.47 Å². The first-order valence-electron chi connectivity index (χ1n) is 12.5. The van der Waals surface area contributed by atoms with Crippen molar-refractivity contribution in [3.05, 3.63) is 117 Å². The van der Waals surface area contributed by atoms with E-state index < -0.39 is 21.9 Å². The number of aryl methyl sites for hydroxylation is 1. The highest BCUT2D eigenvalue weighted by molar-refractivity contribution is 7.92. The van der Waals surface area contributed by atoms with Gasteiger partial charge in [-0.3, -0.25) is 9.52 Å². The van der Waals surface area contributed by atoms with Crippen molar-refractivity contribution in [3.8, 4) is 11.5 Å². The highest BCUT2D eigenvalue weighted by atomic mass is 35.5. The molecule has 0 aliphatic heterocycles. The van der Waals surface area contributed by atoms with E-state index in [9.17, 15) is 18.0 Å². The van der Waals surface area contributed by atoms with Crippen LogP contribution in [0, 0.1) is 6.92 Å². The van der Waals surface area contributed by atoms with Crippen LogP contribution in [0.3, 0.4) is 0 Å². The molecule has 0 atom stereocenters. The van der Waals surface area contributed by atoms with Crippen molar-refractivity contribution in [2.75, 3.05) is 11.3 Å². The Hall–Kier alpha value is -4.38. The number of hydrogen-bond donors (Lipinski definition) is 2. The molecule has 0 heterocycles. The van der Waals surface area contributed by atoms with Crippen LogP contribution in [-0.4, -0.2) is 33.1 Å². The molecule has 1 amide bonds. The Morgan fingerprint density at radius 3 is 2.29 bits per heavy atom. The number of hydrogen-bond acceptors (Lipinski definition) is 7. The van der Waals surface area contributed by atoms with Gasteiger partial charge in [-0.25, -0.2) is 18.6 Å². The van der Waals surface area contributed by atoms with E-state index >= 15 is 0 Å². The zero-order valence-electron chi connectivity index (χ0n) is 22.4. The number of amides is 1. The van der Waals surface area contributed by atoms with Crippen molar-refractivity contribution in [2.45, 2.75) is 18.7 Å². The Balaban J connectivity index is 1.38. The zero-order valence-corrected chi connectivity index (χ0v) is 24.8. The molecule has 12 heteroatoms. The standard InChI is InChI=1S/C30H25Cl2N3O6S/c1-3-40-28-16-20(6-15-27(28)41-30(37)25-14-9-22(31)17-26(25)32)18-33-34-29(36)21-7-10-23(11-8-21)35-42(38,39)24-12-4-19(2)5-13-24/h4-18,35H,3H2,1-2H3,(H,34,36)/b33-18+. The molecule has 0 aliphatic rings. The minimum atomic E-state index is -3.77. The van der Waals surface area contributed by atoms with Crippen molar-refractivity contribution < 1.29 is 27.5 Å². The van der Waals surface area contributed by atoms with E-state index in [1.54, 1.807) is 31.2 Å². The van der Waals surface area contributed by atoms with Crippen LogP contribution in [0.15, 0.2) is 94.9 Å². The Morgan fingerprint density at radius 1 is 0.905 bits per heavy atom. The summed E-state index contributed by atoms with van der Waals surface area (Å²) in [5.41, 5.74) is 4.64. The zero-order chi connectivity index (χ0) is 30.3. The second kappa shape index (κ2) is 13.5. The molecular formula is C30H25Cl2N3O6S. The van der Waals surface area contributed by atoms with Crippen molar-refractivity contribution in [1.29, 1.82) is 0 Å². The van der Waals surface area contributed by atoms with Crippen LogP contribution in [0.1, 0.15) is 38.8 Å². The Labute approximate surface area is 253 Å². The maximum absolute atomic E-state index is 12.6. The van der Waals surface area contributed by atoms with E-state index in [4.69, 9.17) is 32.7 Å². The molecule has 0 fully saturated rings. The normalized spacial score (nSPS) is 11.2. The smallest absolute Gasteiger partial charge is 0.345 e. The lowest BCUT2D eigenvalue weighted by molar-refractivity contribution is 0.0728. The van der Waals surface area contributed by atoms with Crippen LogP contribution in [-0.2, 0) is 10.0 Å². The predicted molar refractivity (Wildman–Crippen MR) is 163 cm³/mol. The number of halogens is 2. The van der Waals surface area contributed by atoms with E-state index in [1.165, 1.54) is 66.9 Å². The van der Waals surface area contributed by atoms with Gasteiger partial charge in [-0.05, 0) is 92.2 Å². The lowest BCUT2D eigenvalue weighted by atomic mass is 10.2. The summed E-state index contributed by atoms with van der Waals surface area (Å²) in [6.45, 7) is 3.95. The van der Waals surface area contributed by atoms with E-state index in [-0.39, 0.29) is 32.5 Å². The lowest BCUT2D eigenvalue weighted by Crippen LogP contribution is -2.18. The van der Waals surface area contributed by atoms with Crippen LogP contribution in [0.2, 0.25) is 10.0 Å². The molecule has 0 aliphatic carbocycles. The average Bonchev–Trinajstić information content (AvgIpc) is 2.95. The van der Waals surface area contributed by atoms with Gasteiger partial charge in [-0.1, -0.05) is 40.9 Å². The van der Waals surface area contributed by atoms with Crippen LogP contribution < -0.4 is 19.6 Å². The van der Waals surface area contributed by atoms with Crippen molar-refractivity contribution in [2.24, 2.45) is 5.10 Å². The Kier molecular flexibility index (Phi) is 9.84. The van der Waals surface area contributed by atoms with Gasteiger partial charge in [0.25, 0.3) is 15.9 Å². The average molecular weight is 627 g/mol. The number of hydrazone groups is 1. The number of benzene rings is 4. The van der Waals surface area contributed by atoms with E-state index in [0.717, 1.165) is 5.56 Å². The number of sulfonamides is 1. The molecule has 0 saturated heterocycles. The summed E-state index contributed by atoms with van der Waals surface area (Å²) in [4.78, 5) is 25.3. The highest BCUT2D eigenvalue weighted by Gasteiger charge is 2.17. The summed E-state index contributed by atoms with van der Waals surface area (Å²) in [6.07, 6.45) is 1.39. The quantitative estimate of drug-likeness (QED) is 0.0899. The molecule has 4 aromatic rings. The maximum atomic E-state index is 12.6. The molecule has 4 aromatic carbocycles. The third-order valence-corrected chi connectivity index (χ3v) is 7.68. The molecule has 0 unspecified atom stereocenters. The number of rotatable bonds is 10. The van der Waals surface area contributed by atoms with Gasteiger partial charge in [0.2, 0.25) is 0 Å². The SMILES string of the molecule is CCOc1cc(/C=N/NC(=O)c2ccc(NS(=O)(=O)c3ccc(C)cc3)cc2)ccc1OC(=O)c1ccc(Cl)cc1Cl. The minimum Gasteiger partial charge on any atom is -0.490 e. The molecule has 0 spiro atoms. The van der Waals surface area contributed by atoms with Crippen LogP contribution in [0.25, 0.3) is 0 Å². The number of carbonyl (C=O) groups is 2. The summed E-state index contributed by atoms with van der Waals surface area (Å²) in [7, 11) is -3.77. The van der Waals surface area contributed by atoms with Gasteiger partial charge in [0.1, 0.15) is 0 Å². The van der Waals surface area contributed by atoms with Gasteiger partial charge in [0, 0.05) is 16.3 Å². The summed E-state index contributed by atoms with van der Waals surface area (Å²) in [6, 6.07) is 21.6. The number of nitrogens with one attached hydrogen (secondary N) is 2. The number of esters is 1. The molecule has 42 heavy (non-hydrogen) atoms. The number of anilines is 1. The predicted octanol–water partition coefficient (Wildman–Crippen LogP) is 6.48. The topological polar surface area (TPSA) is 123 Å². The summed E-state index contributed by atoms with van der Waals surface area (Å²) in [5, 5.41) is 4.52. The molecule has 0 aromatic heterocycles. The maximum Gasteiger partial charge on any atom is 0.345 e. The summed E-state index contributed by atoms with van der Waals surface area (Å²) in [5.74, 6) is -0.725. The Morgan fingerprint density at radius 2 is 1.62 bits per heavy atom. The molecule has 4 rings (SSSR count). The monoisotopic (exact) mass is 625 g/mol. The highest BCUT2D eigenvalue weighted by Crippen LogP contribution is 2.30. The van der Waals surface area contributed by atoms with E-state index in [2.05, 4.69) is 15.2 Å². The van der Waals surface area contributed by atoms with Crippen molar-refractivity contribution in [3.63, 3.8) is 0 Å². The molecule has 216 valence electrons. The fraction of sp³-hybridized carbons (Fsp3) is 0.100. The lowest BCUT2D eigenvalue weighted by Gasteiger charge is -2.12. The van der Waals surface area contributed by atoms with Crippen LogP contribution in [0.5, 0.6) is 11.5 Å². The summed E-state index contributed by atoms with van der Waals surface area (Å²) < 4.78 is 38.7. The van der Waals surface area contributed by atoms with E-state index in [0.29, 0.717) is 22.9 Å². The number of nitrogens with zero attached hydrogens (tertiary/aromatic N) is 1. The molecule has 2 N–H and O–H groups in total. The third kappa shape index (κ3) is 7.88. The van der Waals surface area contributed by atoms with Gasteiger partial charge in [-0.2, -0.15) is 5.10 Å². The molecule has 0 radical (unpaired) electrons. The molecular weight excluding hydrogens is 601 g/mol. The summed E-state index contributed by atoms with van der Waals surface area (Å²) >= 11 is 12.0. The fourth-order valence-corrected chi connectivity index (χ4v) is 5.16. The van der Waals surface area contributed by atoms with Gasteiger partial charge in [0.15, 0.2) is 11.5 Å². The molecule has 0 saturated carbocycles. The van der Waals surface area contributed by atoms with Crippen LogP contribution in [0.4, 0.5) is 5.69 Å². The number of carbonyl (C=O) groups excluding carboxylic acids is 2. The van der Waals surface area contributed by atoms with Gasteiger partial charge in [-0.15, -0.1) is 0 Å².